The van der Waals surface area contributed by atoms with Gasteiger partial charge in [-0.3, -0.25) is 10.1 Å². The van der Waals surface area contributed by atoms with E-state index < -0.39 is 10.2 Å². The largest absolute Gasteiger partial charge is 0.367 e. The summed E-state index contributed by atoms with van der Waals surface area (Å²) < 4.78 is 28.5. The van der Waals surface area contributed by atoms with E-state index in [4.69, 9.17) is 10.2 Å². The molecule has 2 saturated heterocycles. The maximum Gasteiger partial charge on any atom is 0.282 e. The third kappa shape index (κ3) is 4.35. The van der Waals surface area contributed by atoms with E-state index in [1.807, 2.05) is 31.2 Å². The van der Waals surface area contributed by atoms with Gasteiger partial charge in [-0.15, -0.1) is 0 Å². The number of pyridine rings is 2. The zero-order valence-electron chi connectivity index (χ0n) is 18.2. The second-order valence-electron chi connectivity index (χ2n) is 8.46. The van der Waals surface area contributed by atoms with Gasteiger partial charge in [-0.05, 0) is 31.9 Å². The Labute approximate surface area is 192 Å². The molecule has 12 heteroatoms. The standard InChI is InChI=1S/C21H25N9O2S/c1-14-9-20(28-27-14)25-19-10-18-17(3-2-6-23-18)21(26-19)24-16-4-7-29(8-5-16)33(31,32)30-12-15(11-22)13-30/h2-3,6,9-10,15-16H,4-5,7-8,12-13H2,1H3,(H3,24,25,26,27,28). The number of aromatic nitrogens is 4. The number of rotatable bonds is 6. The molecule has 3 N–H and O–H groups in total. The van der Waals surface area contributed by atoms with Crippen LogP contribution in [0.1, 0.15) is 18.5 Å². The number of H-pyrrole nitrogens is 1. The number of nitrogens with zero attached hydrogens (tertiary/aromatic N) is 6. The van der Waals surface area contributed by atoms with Crippen molar-refractivity contribution in [1.29, 1.82) is 5.26 Å². The molecule has 0 unspecified atom stereocenters. The van der Waals surface area contributed by atoms with Crippen LogP contribution in [0.25, 0.3) is 10.9 Å². The highest BCUT2D eigenvalue weighted by atomic mass is 32.2. The van der Waals surface area contributed by atoms with Crippen LogP contribution in [0.15, 0.2) is 30.5 Å². The van der Waals surface area contributed by atoms with Gasteiger partial charge in [0.1, 0.15) is 11.6 Å². The summed E-state index contributed by atoms with van der Waals surface area (Å²) in [6, 6.07) is 9.81. The number of nitrogens with one attached hydrogen (secondary N) is 3. The zero-order valence-corrected chi connectivity index (χ0v) is 19.0. The van der Waals surface area contributed by atoms with Crippen molar-refractivity contribution in [2.45, 2.75) is 25.8 Å². The highest BCUT2D eigenvalue weighted by Crippen LogP contribution is 2.28. The summed E-state index contributed by atoms with van der Waals surface area (Å²) in [5, 5.41) is 23.6. The number of hydrogen-bond acceptors (Lipinski definition) is 8. The maximum absolute atomic E-state index is 12.8. The van der Waals surface area contributed by atoms with Gasteiger partial charge in [0, 0.05) is 61.6 Å². The molecule has 0 radical (unpaired) electrons. The molecule has 0 atom stereocenters. The van der Waals surface area contributed by atoms with E-state index in [2.05, 4.69) is 31.9 Å². The van der Waals surface area contributed by atoms with Crippen molar-refractivity contribution >= 4 is 38.6 Å². The summed E-state index contributed by atoms with van der Waals surface area (Å²) in [5.41, 5.74) is 1.74. The molecule has 5 heterocycles. The van der Waals surface area contributed by atoms with Gasteiger partial charge in [0.25, 0.3) is 10.2 Å². The molecule has 3 aromatic rings. The van der Waals surface area contributed by atoms with Crippen LogP contribution in [0.4, 0.5) is 17.5 Å². The van der Waals surface area contributed by atoms with Crippen LogP contribution in [0.5, 0.6) is 0 Å². The summed E-state index contributed by atoms with van der Waals surface area (Å²) in [7, 11) is -3.50. The Bertz CT molecular complexity index is 1300. The Hall–Kier alpha value is -3.27. The molecule has 0 saturated carbocycles. The lowest BCUT2D eigenvalue weighted by atomic mass is 10.1. The maximum atomic E-state index is 12.8. The highest BCUT2D eigenvalue weighted by Gasteiger charge is 2.40. The zero-order chi connectivity index (χ0) is 23.0. The molecule has 0 bridgehead atoms. The molecule has 5 rings (SSSR count). The Morgan fingerprint density at radius 2 is 1.97 bits per heavy atom. The second kappa shape index (κ2) is 8.58. The summed E-state index contributed by atoms with van der Waals surface area (Å²) >= 11 is 0. The second-order valence-corrected chi connectivity index (χ2v) is 10.4. The van der Waals surface area contributed by atoms with Gasteiger partial charge in [-0.2, -0.15) is 27.4 Å². The predicted molar refractivity (Wildman–Crippen MR) is 124 cm³/mol. The summed E-state index contributed by atoms with van der Waals surface area (Å²) in [5.74, 6) is 1.80. The molecule has 3 aromatic heterocycles. The van der Waals surface area contributed by atoms with Crippen molar-refractivity contribution in [1.82, 2.24) is 28.8 Å². The normalized spacial score (nSPS) is 18.7. The number of aryl methyl sites for hydroxylation is 1. The molecule has 2 fully saturated rings. The molecule has 0 amide bonds. The molecule has 172 valence electrons. The van der Waals surface area contributed by atoms with Gasteiger partial charge in [0.15, 0.2) is 5.82 Å². The lowest BCUT2D eigenvalue weighted by Gasteiger charge is -2.40. The number of fused-ring (bicyclic) bond motifs is 1. The van der Waals surface area contributed by atoms with Crippen LogP contribution in [0, 0.1) is 24.2 Å². The summed E-state index contributed by atoms with van der Waals surface area (Å²) in [4.78, 5) is 9.22. The van der Waals surface area contributed by atoms with Crippen LogP contribution in [-0.2, 0) is 10.2 Å². The van der Waals surface area contributed by atoms with Crippen molar-refractivity contribution in [3.63, 3.8) is 0 Å². The third-order valence-electron chi connectivity index (χ3n) is 6.04. The van der Waals surface area contributed by atoms with E-state index in [-0.39, 0.29) is 25.0 Å². The quantitative estimate of drug-likeness (QED) is 0.499. The van der Waals surface area contributed by atoms with E-state index in [1.165, 1.54) is 8.61 Å². The Morgan fingerprint density at radius 3 is 2.67 bits per heavy atom. The number of hydrogen-bond donors (Lipinski definition) is 3. The fourth-order valence-corrected chi connectivity index (χ4v) is 5.89. The summed E-state index contributed by atoms with van der Waals surface area (Å²) in [6.45, 7) is 3.35. The van der Waals surface area contributed by atoms with E-state index in [1.54, 1.807) is 6.20 Å². The first-order valence-corrected chi connectivity index (χ1v) is 12.3. The lowest BCUT2D eigenvalue weighted by Crippen LogP contribution is -2.56. The smallest absolute Gasteiger partial charge is 0.282 e. The number of nitriles is 1. The van der Waals surface area contributed by atoms with Gasteiger partial charge >= 0.3 is 0 Å². The molecule has 2 aliphatic heterocycles. The predicted octanol–water partition coefficient (Wildman–Crippen LogP) is 1.98. The van der Waals surface area contributed by atoms with Gasteiger partial charge in [0.2, 0.25) is 0 Å². The van der Waals surface area contributed by atoms with Crippen LogP contribution in [0.3, 0.4) is 0 Å². The van der Waals surface area contributed by atoms with E-state index >= 15 is 0 Å². The lowest BCUT2D eigenvalue weighted by molar-refractivity contribution is 0.216. The van der Waals surface area contributed by atoms with Gasteiger partial charge in [-0.1, -0.05) is 0 Å². The molecule has 0 aliphatic carbocycles. The molecule has 2 aliphatic rings. The number of piperidine rings is 1. The topological polar surface area (TPSA) is 143 Å². The number of anilines is 3. The molecule has 0 spiro atoms. The van der Waals surface area contributed by atoms with Crippen LogP contribution in [0.2, 0.25) is 0 Å². The molecule has 11 nitrogen and oxygen atoms in total. The van der Waals surface area contributed by atoms with Gasteiger partial charge in [0.05, 0.1) is 17.5 Å². The van der Waals surface area contributed by atoms with Crippen LogP contribution < -0.4 is 10.6 Å². The first-order chi connectivity index (χ1) is 15.9. The monoisotopic (exact) mass is 467 g/mol. The average Bonchev–Trinajstić information content (AvgIpc) is 3.18. The van der Waals surface area contributed by atoms with Crippen LogP contribution >= 0.6 is 0 Å². The highest BCUT2D eigenvalue weighted by molar-refractivity contribution is 7.86. The SMILES string of the molecule is Cc1cc(Nc2cc3ncccc3c(NC3CCN(S(=O)(=O)N4CC(C#N)C4)CC3)n2)n[nH]1. The minimum atomic E-state index is -3.50. The van der Waals surface area contributed by atoms with Crippen LogP contribution in [-0.4, -0.2) is 69.4 Å². The molecule has 0 aromatic carbocycles. The first-order valence-electron chi connectivity index (χ1n) is 10.9. The fourth-order valence-electron chi connectivity index (χ4n) is 4.16. The fraction of sp³-hybridized carbons (Fsp3) is 0.429. The summed E-state index contributed by atoms with van der Waals surface area (Å²) in [6.07, 6.45) is 3.06. The average molecular weight is 468 g/mol. The van der Waals surface area contributed by atoms with Gasteiger partial charge < -0.3 is 10.6 Å². The molecule has 33 heavy (non-hydrogen) atoms. The van der Waals surface area contributed by atoms with E-state index in [0.29, 0.717) is 43.4 Å². The van der Waals surface area contributed by atoms with Crippen molar-refractivity contribution in [3.05, 3.63) is 36.2 Å². The van der Waals surface area contributed by atoms with Gasteiger partial charge in [-0.25, -0.2) is 4.98 Å². The Kier molecular flexibility index (Phi) is 5.61. The van der Waals surface area contributed by atoms with E-state index in [9.17, 15) is 8.42 Å². The first kappa shape index (κ1) is 21.6. The van der Waals surface area contributed by atoms with Crippen molar-refractivity contribution in [2.24, 2.45) is 5.92 Å². The van der Waals surface area contributed by atoms with Crippen molar-refractivity contribution < 1.29 is 8.42 Å². The minimum Gasteiger partial charge on any atom is -0.367 e. The minimum absolute atomic E-state index is 0.0819. The Morgan fingerprint density at radius 1 is 1.18 bits per heavy atom. The molecular formula is C21H25N9O2S. The Balaban J connectivity index is 1.29. The third-order valence-corrected chi connectivity index (χ3v) is 8.01. The van der Waals surface area contributed by atoms with Crippen molar-refractivity contribution in [2.75, 3.05) is 36.8 Å². The van der Waals surface area contributed by atoms with Crippen molar-refractivity contribution in [3.8, 4) is 6.07 Å². The molecular weight excluding hydrogens is 442 g/mol. The van der Waals surface area contributed by atoms with E-state index in [0.717, 1.165) is 16.6 Å². The number of aromatic amines is 1.